The van der Waals surface area contributed by atoms with Crippen LogP contribution in [0.1, 0.15) is 63.9 Å². The zero-order chi connectivity index (χ0) is 17.4. The summed E-state index contributed by atoms with van der Waals surface area (Å²) in [6.07, 6.45) is 8.19. The van der Waals surface area contributed by atoms with Gasteiger partial charge < -0.3 is 5.32 Å². The van der Waals surface area contributed by atoms with E-state index in [4.69, 9.17) is 0 Å². The summed E-state index contributed by atoms with van der Waals surface area (Å²) in [5.74, 6) is -0.270. The average Bonchev–Trinajstić information content (AvgIpc) is 3.10. The minimum absolute atomic E-state index is 0.0388. The van der Waals surface area contributed by atoms with Gasteiger partial charge in [-0.2, -0.15) is 0 Å². The predicted molar refractivity (Wildman–Crippen MR) is 99.0 cm³/mol. The molecule has 0 spiro atoms. The Morgan fingerprint density at radius 3 is 2.42 bits per heavy atom. The van der Waals surface area contributed by atoms with E-state index in [1.807, 2.05) is 24.3 Å². The van der Waals surface area contributed by atoms with Gasteiger partial charge in [0.15, 0.2) is 9.84 Å². The Labute approximate surface area is 146 Å². The molecule has 1 N–H and O–H groups in total. The lowest BCUT2D eigenvalue weighted by Gasteiger charge is -2.11. The van der Waals surface area contributed by atoms with Gasteiger partial charge in [0.2, 0.25) is 5.91 Å². The molecule has 2 rings (SSSR count). The topological polar surface area (TPSA) is 63.2 Å². The van der Waals surface area contributed by atoms with Crippen molar-refractivity contribution in [2.45, 2.75) is 70.0 Å². The molecule has 1 aliphatic rings. The number of benzene rings is 1. The molecule has 4 nitrogen and oxygen atoms in total. The number of anilines is 1. The van der Waals surface area contributed by atoms with E-state index in [0.29, 0.717) is 0 Å². The van der Waals surface area contributed by atoms with E-state index >= 15 is 0 Å². The number of sulfone groups is 1. The molecule has 1 aromatic rings. The van der Waals surface area contributed by atoms with Crippen LogP contribution in [0.5, 0.6) is 0 Å². The molecule has 0 bridgehead atoms. The molecule has 1 fully saturated rings. The second kappa shape index (κ2) is 9.21. The Bertz CT molecular complexity index is 617. The van der Waals surface area contributed by atoms with Crippen molar-refractivity contribution in [1.29, 1.82) is 0 Å². The van der Waals surface area contributed by atoms with Crippen LogP contribution in [0, 0.1) is 0 Å². The third-order valence-electron chi connectivity index (χ3n) is 4.73. The standard InChI is InChI=1S/C19H29NO3S/c1-2-3-4-7-16-10-12-17(13-11-16)20-19(21)14-15-24(22,23)18-8-5-6-9-18/h10-13,18H,2-9,14-15H2,1H3,(H,20,21). The minimum Gasteiger partial charge on any atom is -0.326 e. The van der Waals surface area contributed by atoms with Crippen LogP contribution < -0.4 is 5.32 Å². The molecule has 5 heteroatoms. The van der Waals surface area contributed by atoms with Crippen molar-refractivity contribution >= 4 is 21.4 Å². The molecular formula is C19H29NO3S. The number of hydrogen-bond donors (Lipinski definition) is 1. The number of hydrogen-bond acceptors (Lipinski definition) is 3. The maximum absolute atomic E-state index is 12.2. The maximum Gasteiger partial charge on any atom is 0.225 e. The Hall–Kier alpha value is -1.36. The Morgan fingerprint density at radius 1 is 1.12 bits per heavy atom. The molecule has 0 aromatic heterocycles. The van der Waals surface area contributed by atoms with E-state index in [-0.39, 0.29) is 23.3 Å². The maximum atomic E-state index is 12.2. The smallest absolute Gasteiger partial charge is 0.225 e. The molecule has 0 heterocycles. The molecule has 1 aliphatic carbocycles. The second-order valence-electron chi connectivity index (χ2n) is 6.73. The number of carbonyl (C=O) groups is 1. The van der Waals surface area contributed by atoms with Gasteiger partial charge in [-0.15, -0.1) is 0 Å². The average molecular weight is 352 g/mol. The van der Waals surface area contributed by atoms with E-state index in [0.717, 1.165) is 37.8 Å². The predicted octanol–water partition coefficient (Wildman–Crippen LogP) is 4.11. The molecule has 1 saturated carbocycles. The molecule has 1 amide bonds. The summed E-state index contributed by atoms with van der Waals surface area (Å²) in [4.78, 5) is 12.0. The fourth-order valence-corrected chi connectivity index (χ4v) is 5.06. The van der Waals surface area contributed by atoms with Gasteiger partial charge in [0.25, 0.3) is 0 Å². The van der Waals surface area contributed by atoms with Gasteiger partial charge in [0, 0.05) is 12.1 Å². The van der Waals surface area contributed by atoms with Crippen LogP contribution in [0.15, 0.2) is 24.3 Å². The van der Waals surface area contributed by atoms with E-state index < -0.39 is 9.84 Å². The minimum atomic E-state index is -3.13. The van der Waals surface area contributed by atoms with E-state index in [9.17, 15) is 13.2 Å². The van der Waals surface area contributed by atoms with E-state index in [1.165, 1.54) is 24.8 Å². The first-order valence-electron chi connectivity index (χ1n) is 9.11. The summed E-state index contributed by atoms with van der Waals surface area (Å²) in [5.41, 5.74) is 2.00. The van der Waals surface area contributed by atoms with Crippen molar-refractivity contribution in [3.63, 3.8) is 0 Å². The van der Waals surface area contributed by atoms with Crippen LogP contribution in [0.3, 0.4) is 0 Å². The fraction of sp³-hybridized carbons (Fsp3) is 0.632. The number of rotatable bonds is 9. The van der Waals surface area contributed by atoms with E-state index in [1.54, 1.807) is 0 Å². The largest absolute Gasteiger partial charge is 0.326 e. The number of amides is 1. The molecule has 0 radical (unpaired) electrons. The highest BCUT2D eigenvalue weighted by Gasteiger charge is 2.28. The molecule has 1 aromatic carbocycles. The zero-order valence-electron chi connectivity index (χ0n) is 14.6. The second-order valence-corrected chi connectivity index (χ2v) is 9.13. The molecule has 0 unspecified atom stereocenters. The lowest BCUT2D eigenvalue weighted by Crippen LogP contribution is -2.24. The van der Waals surface area contributed by atoms with Gasteiger partial charge in [-0.05, 0) is 43.4 Å². The normalized spacial score (nSPS) is 15.5. The van der Waals surface area contributed by atoms with Crippen LogP contribution in [0.25, 0.3) is 0 Å². The first-order chi connectivity index (χ1) is 11.5. The molecule has 0 aliphatic heterocycles. The third-order valence-corrected chi connectivity index (χ3v) is 6.99. The first-order valence-corrected chi connectivity index (χ1v) is 10.8. The van der Waals surface area contributed by atoms with Crippen LogP contribution in [0.4, 0.5) is 5.69 Å². The number of unbranched alkanes of at least 4 members (excludes halogenated alkanes) is 2. The van der Waals surface area contributed by atoms with Gasteiger partial charge in [-0.25, -0.2) is 8.42 Å². The van der Waals surface area contributed by atoms with Crippen LogP contribution in [-0.4, -0.2) is 25.3 Å². The summed E-state index contributed by atoms with van der Waals surface area (Å²) in [6, 6.07) is 7.84. The molecule has 24 heavy (non-hydrogen) atoms. The summed E-state index contributed by atoms with van der Waals surface area (Å²) in [7, 11) is -3.13. The summed E-state index contributed by atoms with van der Waals surface area (Å²) < 4.78 is 24.4. The van der Waals surface area contributed by atoms with Gasteiger partial charge in [-0.3, -0.25) is 4.79 Å². The molecule has 0 atom stereocenters. The summed E-state index contributed by atoms with van der Waals surface area (Å²) in [5, 5.41) is 2.57. The Kier molecular flexibility index (Phi) is 7.28. The number of aryl methyl sites for hydroxylation is 1. The summed E-state index contributed by atoms with van der Waals surface area (Å²) in [6.45, 7) is 2.19. The van der Waals surface area contributed by atoms with Gasteiger partial charge in [0.05, 0.1) is 11.0 Å². The number of carbonyl (C=O) groups excluding carboxylic acids is 1. The SMILES string of the molecule is CCCCCc1ccc(NC(=O)CCS(=O)(=O)C2CCCC2)cc1. The van der Waals surface area contributed by atoms with Crippen molar-refractivity contribution in [1.82, 2.24) is 0 Å². The molecular weight excluding hydrogens is 322 g/mol. The monoisotopic (exact) mass is 351 g/mol. The van der Waals surface area contributed by atoms with E-state index in [2.05, 4.69) is 12.2 Å². The Balaban J connectivity index is 1.77. The Morgan fingerprint density at radius 2 is 1.79 bits per heavy atom. The first kappa shape index (κ1) is 19.0. The van der Waals surface area contributed by atoms with Crippen molar-refractivity contribution in [2.24, 2.45) is 0 Å². The highest BCUT2D eigenvalue weighted by Crippen LogP contribution is 2.25. The van der Waals surface area contributed by atoms with Crippen molar-refractivity contribution in [3.8, 4) is 0 Å². The zero-order valence-corrected chi connectivity index (χ0v) is 15.4. The quantitative estimate of drug-likeness (QED) is 0.681. The van der Waals surface area contributed by atoms with Gasteiger partial charge in [-0.1, -0.05) is 44.7 Å². The fourth-order valence-electron chi connectivity index (χ4n) is 3.21. The molecule has 0 saturated heterocycles. The number of nitrogens with one attached hydrogen (secondary N) is 1. The van der Waals surface area contributed by atoms with Crippen molar-refractivity contribution in [2.75, 3.05) is 11.1 Å². The van der Waals surface area contributed by atoms with Gasteiger partial charge in [0.1, 0.15) is 0 Å². The molecule has 134 valence electrons. The third kappa shape index (κ3) is 5.93. The highest BCUT2D eigenvalue weighted by molar-refractivity contribution is 7.92. The van der Waals surface area contributed by atoms with Crippen LogP contribution in [0.2, 0.25) is 0 Å². The lowest BCUT2D eigenvalue weighted by atomic mass is 10.1. The lowest BCUT2D eigenvalue weighted by molar-refractivity contribution is -0.115. The van der Waals surface area contributed by atoms with Crippen molar-refractivity contribution < 1.29 is 13.2 Å². The van der Waals surface area contributed by atoms with Crippen molar-refractivity contribution in [3.05, 3.63) is 29.8 Å². The van der Waals surface area contributed by atoms with Crippen LogP contribution >= 0.6 is 0 Å². The van der Waals surface area contributed by atoms with Gasteiger partial charge >= 0.3 is 0 Å². The van der Waals surface area contributed by atoms with Crippen LogP contribution in [-0.2, 0) is 21.1 Å². The highest BCUT2D eigenvalue weighted by atomic mass is 32.2. The summed E-state index contributed by atoms with van der Waals surface area (Å²) >= 11 is 0.